The van der Waals surface area contributed by atoms with Gasteiger partial charge in [0, 0.05) is 33.6 Å². The van der Waals surface area contributed by atoms with Gasteiger partial charge in [-0.25, -0.2) is 4.79 Å². The zero-order valence-electron chi connectivity index (χ0n) is 11.6. The van der Waals surface area contributed by atoms with Crippen LogP contribution in [0.5, 0.6) is 0 Å². The predicted octanol–water partition coefficient (Wildman–Crippen LogP) is 3.39. The summed E-state index contributed by atoms with van der Waals surface area (Å²) < 4.78 is 0. The maximum atomic E-state index is 11.9. The third-order valence-corrected chi connectivity index (χ3v) is 3.87. The maximum absolute atomic E-state index is 11.9. The molecule has 0 saturated carbocycles. The lowest BCUT2D eigenvalue weighted by Gasteiger charge is -2.14. The highest BCUT2D eigenvalue weighted by atomic mass is 32.1. The molecule has 2 amide bonds. The van der Waals surface area contributed by atoms with Crippen molar-refractivity contribution in [2.24, 2.45) is 0 Å². The van der Waals surface area contributed by atoms with Gasteiger partial charge < -0.3 is 16.4 Å². The molecule has 0 saturated heterocycles. The standard InChI is InChI=1S/C15H19N3OS/c1-10(9-14-8-3-11(2)20-14)17-15(19)18-13-6-4-12(16)5-7-13/h3-8,10H,9,16H2,1-2H3,(H2,17,18,19). The van der Waals surface area contributed by atoms with Gasteiger partial charge in [-0.1, -0.05) is 0 Å². The Hall–Kier alpha value is -2.01. The minimum Gasteiger partial charge on any atom is -0.399 e. The van der Waals surface area contributed by atoms with Crippen molar-refractivity contribution in [2.45, 2.75) is 26.3 Å². The predicted molar refractivity (Wildman–Crippen MR) is 85.2 cm³/mol. The molecule has 2 rings (SSSR count). The molecule has 1 unspecified atom stereocenters. The number of carbonyl (C=O) groups is 1. The molecule has 0 spiro atoms. The fourth-order valence-electron chi connectivity index (χ4n) is 1.91. The van der Waals surface area contributed by atoms with E-state index in [0.29, 0.717) is 5.69 Å². The van der Waals surface area contributed by atoms with Crippen LogP contribution in [0.25, 0.3) is 0 Å². The van der Waals surface area contributed by atoms with Crippen molar-refractivity contribution in [1.29, 1.82) is 0 Å². The number of hydrogen-bond donors (Lipinski definition) is 3. The summed E-state index contributed by atoms with van der Waals surface area (Å²) in [6, 6.07) is 11.2. The van der Waals surface area contributed by atoms with E-state index >= 15 is 0 Å². The van der Waals surface area contributed by atoms with Crippen LogP contribution in [-0.4, -0.2) is 12.1 Å². The number of amides is 2. The highest BCUT2D eigenvalue weighted by Gasteiger charge is 2.09. The summed E-state index contributed by atoms with van der Waals surface area (Å²) in [6.07, 6.45) is 0.841. The Balaban J connectivity index is 1.83. The summed E-state index contributed by atoms with van der Waals surface area (Å²) in [7, 11) is 0. The normalized spacial score (nSPS) is 11.9. The molecule has 106 valence electrons. The van der Waals surface area contributed by atoms with E-state index < -0.39 is 0 Å². The molecule has 0 bridgehead atoms. The van der Waals surface area contributed by atoms with Gasteiger partial charge >= 0.3 is 6.03 Å². The second kappa shape index (κ2) is 6.43. The van der Waals surface area contributed by atoms with Crippen molar-refractivity contribution in [2.75, 3.05) is 11.1 Å². The zero-order chi connectivity index (χ0) is 14.5. The van der Waals surface area contributed by atoms with Crippen molar-refractivity contribution in [3.63, 3.8) is 0 Å². The maximum Gasteiger partial charge on any atom is 0.319 e. The fraction of sp³-hybridized carbons (Fsp3) is 0.267. The van der Waals surface area contributed by atoms with Crippen molar-refractivity contribution < 1.29 is 4.79 Å². The molecule has 4 N–H and O–H groups in total. The van der Waals surface area contributed by atoms with Crippen LogP contribution in [0.15, 0.2) is 36.4 Å². The Bertz CT molecular complexity index is 577. The highest BCUT2D eigenvalue weighted by molar-refractivity contribution is 7.11. The first-order valence-corrected chi connectivity index (χ1v) is 7.33. The van der Waals surface area contributed by atoms with Gasteiger partial charge in [0.25, 0.3) is 0 Å². The second-order valence-electron chi connectivity index (χ2n) is 4.84. The first-order chi connectivity index (χ1) is 9.52. The van der Waals surface area contributed by atoms with Crippen LogP contribution < -0.4 is 16.4 Å². The zero-order valence-corrected chi connectivity index (χ0v) is 12.5. The average Bonchev–Trinajstić information content (AvgIpc) is 2.77. The average molecular weight is 289 g/mol. The number of nitrogens with two attached hydrogens (primary N) is 1. The van der Waals surface area contributed by atoms with Crippen LogP contribution >= 0.6 is 11.3 Å². The summed E-state index contributed by atoms with van der Waals surface area (Å²) in [5.74, 6) is 0. The topological polar surface area (TPSA) is 67.2 Å². The molecule has 20 heavy (non-hydrogen) atoms. The molecule has 5 heteroatoms. The van der Waals surface area contributed by atoms with Crippen LogP contribution in [0.3, 0.4) is 0 Å². The summed E-state index contributed by atoms with van der Waals surface area (Å²) >= 11 is 1.76. The van der Waals surface area contributed by atoms with Crippen molar-refractivity contribution in [3.8, 4) is 0 Å². The molecule has 0 aliphatic rings. The lowest BCUT2D eigenvalue weighted by Crippen LogP contribution is -2.37. The third-order valence-electron chi connectivity index (χ3n) is 2.85. The first-order valence-electron chi connectivity index (χ1n) is 6.51. The lowest BCUT2D eigenvalue weighted by atomic mass is 10.2. The second-order valence-corrected chi connectivity index (χ2v) is 6.21. The van der Waals surface area contributed by atoms with E-state index in [1.807, 2.05) is 6.92 Å². The Morgan fingerprint density at radius 3 is 2.55 bits per heavy atom. The molecule has 1 atom stereocenters. The first kappa shape index (κ1) is 14.4. The molecule has 1 heterocycles. The van der Waals surface area contributed by atoms with Crippen molar-refractivity contribution >= 4 is 28.7 Å². The molecule has 0 fully saturated rings. The molecular weight excluding hydrogens is 270 g/mol. The summed E-state index contributed by atoms with van der Waals surface area (Å²) in [6.45, 7) is 4.08. The van der Waals surface area contributed by atoms with Gasteiger partial charge in [0.2, 0.25) is 0 Å². The van der Waals surface area contributed by atoms with Gasteiger partial charge in [0.15, 0.2) is 0 Å². The Morgan fingerprint density at radius 2 is 1.95 bits per heavy atom. The molecule has 2 aromatic rings. The number of benzene rings is 1. The quantitative estimate of drug-likeness (QED) is 0.755. The molecular formula is C15H19N3OS. The molecule has 1 aromatic carbocycles. The van der Waals surface area contributed by atoms with Crippen molar-refractivity contribution in [3.05, 3.63) is 46.2 Å². The SMILES string of the molecule is Cc1ccc(CC(C)NC(=O)Nc2ccc(N)cc2)s1. The monoisotopic (exact) mass is 289 g/mol. The lowest BCUT2D eigenvalue weighted by molar-refractivity contribution is 0.249. The van der Waals surface area contributed by atoms with E-state index in [9.17, 15) is 4.79 Å². The number of rotatable bonds is 4. The van der Waals surface area contributed by atoms with Crippen LogP contribution in [0.1, 0.15) is 16.7 Å². The third kappa shape index (κ3) is 4.28. The van der Waals surface area contributed by atoms with Gasteiger partial charge in [0.05, 0.1) is 0 Å². The Labute approximate surface area is 123 Å². The number of thiophene rings is 1. The molecule has 0 aliphatic carbocycles. The van der Waals surface area contributed by atoms with Crippen LogP contribution in [0.4, 0.5) is 16.2 Å². The highest BCUT2D eigenvalue weighted by Crippen LogP contribution is 2.16. The van der Waals surface area contributed by atoms with E-state index in [1.165, 1.54) is 9.75 Å². The number of nitrogen functional groups attached to an aromatic ring is 1. The smallest absolute Gasteiger partial charge is 0.319 e. The minimum atomic E-state index is -0.199. The van der Waals surface area contributed by atoms with E-state index in [4.69, 9.17) is 5.73 Å². The van der Waals surface area contributed by atoms with Gasteiger partial charge in [-0.3, -0.25) is 0 Å². The van der Waals surface area contributed by atoms with E-state index in [1.54, 1.807) is 35.6 Å². The van der Waals surface area contributed by atoms with Crippen molar-refractivity contribution in [1.82, 2.24) is 5.32 Å². The van der Waals surface area contributed by atoms with Crippen LogP contribution in [0, 0.1) is 6.92 Å². The van der Waals surface area contributed by atoms with Gasteiger partial charge in [-0.15, -0.1) is 11.3 Å². The van der Waals surface area contributed by atoms with Crippen LogP contribution in [-0.2, 0) is 6.42 Å². The van der Waals surface area contributed by atoms with Gasteiger partial charge in [-0.05, 0) is 50.2 Å². The van der Waals surface area contributed by atoms with Gasteiger partial charge in [0.1, 0.15) is 0 Å². The van der Waals surface area contributed by atoms with E-state index in [-0.39, 0.29) is 12.1 Å². The Kier molecular flexibility index (Phi) is 4.63. The summed E-state index contributed by atoms with van der Waals surface area (Å²) in [4.78, 5) is 14.4. The summed E-state index contributed by atoms with van der Waals surface area (Å²) in [5, 5.41) is 5.71. The summed E-state index contributed by atoms with van der Waals surface area (Å²) in [5.41, 5.74) is 7.01. The minimum absolute atomic E-state index is 0.0850. The van der Waals surface area contributed by atoms with Crippen LogP contribution in [0.2, 0.25) is 0 Å². The number of carbonyl (C=O) groups excluding carboxylic acids is 1. The van der Waals surface area contributed by atoms with E-state index in [0.717, 1.165) is 12.1 Å². The number of aryl methyl sites for hydroxylation is 1. The number of anilines is 2. The van der Waals surface area contributed by atoms with Gasteiger partial charge in [-0.2, -0.15) is 0 Å². The number of nitrogens with one attached hydrogen (secondary N) is 2. The van der Waals surface area contributed by atoms with E-state index in [2.05, 4.69) is 29.7 Å². The molecule has 0 radical (unpaired) electrons. The molecule has 0 aliphatic heterocycles. The fourth-order valence-corrected chi connectivity index (χ4v) is 2.92. The largest absolute Gasteiger partial charge is 0.399 e. The number of urea groups is 1. The molecule has 1 aromatic heterocycles. The number of hydrogen-bond acceptors (Lipinski definition) is 3. The Morgan fingerprint density at radius 1 is 1.25 bits per heavy atom. The molecule has 4 nitrogen and oxygen atoms in total.